The largest absolute Gasteiger partial charge is 0.465 e. The molecule has 0 radical (unpaired) electrons. The molecule has 4 rings (SSSR count). The molecule has 12 heteroatoms. The minimum atomic E-state index is -4.07. The highest BCUT2D eigenvalue weighted by Crippen LogP contribution is 2.32. The molecule has 2 heterocycles. The lowest BCUT2D eigenvalue weighted by atomic mass is 10.2. The number of thiol groups is 1. The Bertz CT molecular complexity index is 1460. The molecule has 0 bridgehead atoms. The molecule has 1 aliphatic heterocycles. The van der Waals surface area contributed by atoms with Gasteiger partial charge in [0.25, 0.3) is 0 Å². The quantitative estimate of drug-likeness (QED) is 0.304. The molecule has 200 valence electrons. The number of esters is 1. The fourth-order valence-corrected chi connectivity index (χ4v) is 6.67. The Kier molecular flexibility index (Phi) is 8.34. The number of amides is 1. The van der Waals surface area contributed by atoms with Crippen molar-refractivity contribution in [3.63, 3.8) is 0 Å². The summed E-state index contributed by atoms with van der Waals surface area (Å²) in [4.78, 5) is 43.0. The number of nitrogens with zero attached hydrogens (tertiary/aromatic N) is 3. The maximum atomic E-state index is 13.7. The molecule has 10 nitrogen and oxygen atoms in total. The Morgan fingerprint density at radius 1 is 1.13 bits per heavy atom. The van der Waals surface area contributed by atoms with Gasteiger partial charge in [-0.1, -0.05) is 18.2 Å². The average Bonchev–Trinajstić information content (AvgIpc) is 3.33. The van der Waals surface area contributed by atoms with E-state index in [1.54, 1.807) is 48.5 Å². The molecular weight excluding hydrogens is 528 g/mol. The van der Waals surface area contributed by atoms with Crippen molar-refractivity contribution in [3.05, 3.63) is 66.4 Å². The van der Waals surface area contributed by atoms with E-state index in [0.29, 0.717) is 22.2 Å². The van der Waals surface area contributed by atoms with Crippen LogP contribution in [0.1, 0.15) is 16.8 Å². The molecule has 1 aromatic heterocycles. The van der Waals surface area contributed by atoms with Gasteiger partial charge < -0.3 is 15.0 Å². The topological polar surface area (TPSA) is 126 Å². The van der Waals surface area contributed by atoms with Crippen molar-refractivity contribution in [3.8, 4) is 0 Å². The number of carbonyl (C=O) groups excluding carboxylic acids is 3. The first-order valence-electron chi connectivity index (χ1n) is 11.8. The third-order valence-electron chi connectivity index (χ3n) is 6.29. The number of anilines is 1. The van der Waals surface area contributed by atoms with Gasteiger partial charge in [0.1, 0.15) is 10.9 Å². The number of nitrogens with one attached hydrogen (secondary N) is 1. The van der Waals surface area contributed by atoms with E-state index < -0.39 is 27.9 Å². The van der Waals surface area contributed by atoms with E-state index in [2.05, 4.69) is 27.7 Å². The van der Waals surface area contributed by atoms with Crippen LogP contribution in [0.5, 0.6) is 0 Å². The maximum Gasteiger partial charge on any atom is 0.337 e. The van der Waals surface area contributed by atoms with Crippen LogP contribution >= 0.6 is 12.6 Å². The van der Waals surface area contributed by atoms with Gasteiger partial charge in [-0.25, -0.2) is 13.2 Å². The number of Topliss-reactive ketones (excluding diaryl/α,β-unsaturated/α-hetero) is 1. The highest BCUT2D eigenvalue weighted by molar-refractivity contribution is 7.89. The molecule has 0 saturated carbocycles. The molecule has 2 atom stereocenters. The molecular formula is C26H28N4O6S2. The Balaban J connectivity index is 1.43. The summed E-state index contributed by atoms with van der Waals surface area (Å²) in [5.74, 6) is -1.21. The van der Waals surface area contributed by atoms with Crippen LogP contribution in [-0.2, 0) is 24.3 Å². The van der Waals surface area contributed by atoms with Gasteiger partial charge in [-0.2, -0.15) is 16.9 Å². The number of likely N-dealkylation sites (N-methyl/N-ethyl adjacent to an activating group) is 1. The van der Waals surface area contributed by atoms with Crippen LogP contribution in [0, 0.1) is 0 Å². The van der Waals surface area contributed by atoms with Gasteiger partial charge in [0.15, 0.2) is 5.78 Å². The van der Waals surface area contributed by atoms with Gasteiger partial charge >= 0.3 is 5.97 Å². The van der Waals surface area contributed by atoms with Gasteiger partial charge in [0.05, 0.1) is 31.3 Å². The molecule has 1 amide bonds. The van der Waals surface area contributed by atoms with Crippen molar-refractivity contribution in [1.29, 1.82) is 0 Å². The van der Waals surface area contributed by atoms with Crippen molar-refractivity contribution < 1.29 is 27.5 Å². The molecule has 1 aliphatic rings. The van der Waals surface area contributed by atoms with Crippen LogP contribution < -0.4 is 5.32 Å². The summed E-state index contributed by atoms with van der Waals surface area (Å²) in [6.07, 6.45) is 1.75. The average molecular weight is 557 g/mol. The van der Waals surface area contributed by atoms with Crippen LogP contribution in [-0.4, -0.2) is 85.4 Å². The number of para-hydroxylation sites is 1. The van der Waals surface area contributed by atoms with Gasteiger partial charge in [-0.15, -0.1) is 0 Å². The predicted molar refractivity (Wildman–Crippen MR) is 146 cm³/mol. The first-order valence-corrected chi connectivity index (χ1v) is 13.8. The SMILES string of the molecule is COC(=O)c1ccc(NCC(=O)CN(C)C(=O)C2CC(S)CN2S(=O)(=O)c2cccc3cccnc23)cc1. The summed E-state index contributed by atoms with van der Waals surface area (Å²) >= 11 is 4.46. The van der Waals surface area contributed by atoms with Crippen molar-refractivity contribution in [2.24, 2.45) is 0 Å². The van der Waals surface area contributed by atoms with E-state index >= 15 is 0 Å². The third-order valence-corrected chi connectivity index (χ3v) is 8.57. The second kappa shape index (κ2) is 11.5. The Morgan fingerprint density at radius 3 is 2.55 bits per heavy atom. The Morgan fingerprint density at radius 2 is 1.84 bits per heavy atom. The number of hydrogen-bond acceptors (Lipinski definition) is 9. The monoisotopic (exact) mass is 556 g/mol. The zero-order valence-electron chi connectivity index (χ0n) is 20.9. The summed E-state index contributed by atoms with van der Waals surface area (Å²) in [6, 6.07) is 13.8. The summed E-state index contributed by atoms with van der Waals surface area (Å²) in [6.45, 7) is -0.196. The number of hydrogen-bond donors (Lipinski definition) is 2. The van der Waals surface area contributed by atoms with Crippen LogP contribution in [0.3, 0.4) is 0 Å². The standard InChI is InChI=1S/C26H28N4O6S2/c1-29(15-20(31)14-28-19-10-8-18(9-11-19)26(33)36-2)25(32)22-13-21(37)16-30(22)38(34,35)23-7-3-5-17-6-4-12-27-24(17)23/h3-12,21-22,28,37H,13-16H2,1-2H3. The van der Waals surface area contributed by atoms with Crippen LogP contribution in [0.15, 0.2) is 65.7 Å². The van der Waals surface area contributed by atoms with Crippen molar-refractivity contribution >= 4 is 56.9 Å². The summed E-state index contributed by atoms with van der Waals surface area (Å²) in [5.41, 5.74) is 1.33. The number of aromatic nitrogens is 1. The molecule has 1 fully saturated rings. The van der Waals surface area contributed by atoms with Crippen molar-refractivity contribution in [1.82, 2.24) is 14.2 Å². The van der Waals surface area contributed by atoms with E-state index in [1.165, 1.54) is 35.6 Å². The van der Waals surface area contributed by atoms with Crippen LogP contribution in [0.4, 0.5) is 5.69 Å². The molecule has 2 aromatic carbocycles. The molecule has 1 saturated heterocycles. The van der Waals surface area contributed by atoms with Crippen molar-refractivity contribution in [2.75, 3.05) is 39.1 Å². The second-order valence-electron chi connectivity index (χ2n) is 8.97. The smallest absolute Gasteiger partial charge is 0.337 e. The number of benzene rings is 2. The molecule has 0 aliphatic carbocycles. The lowest BCUT2D eigenvalue weighted by Crippen LogP contribution is -2.48. The zero-order valence-corrected chi connectivity index (χ0v) is 22.6. The molecule has 2 unspecified atom stereocenters. The molecule has 3 aromatic rings. The van der Waals surface area contributed by atoms with Gasteiger partial charge in [0.2, 0.25) is 15.9 Å². The fourth-order valence-electron chi connectivity index (χ4n) is 4.38. The van der Waals surface area contributed by atoms with Crippen molar-refractivity contribution in [2.45, 2.75) is 22.6 Å². The first-order chi connectivity index (χ1) is 18.1. The van der Waals surface area contributed by atoms with Crippen LogP contribution in [0.2, 0.25) is 0 Å². The molecule has 1 N–H and O–H groups in total. The van der Waals surface area contributed by atoms with E-state index in [1.807, 2.05) is 0 Å². The maximum absolute atomic E-state index is 13.7. The number of ether oxygens (including phenoxy) is 1. The minimum absolute atomic E-state index is 0.0250. The number of ketones is 1. The number of fused-ring (bicyclic) bond motifs is 1. The number of methoxy groups -OCH3 is 1. The highest BCUT2D eigenvalue weighted by atomic mass is 32.2. The first kappa shape index (κ1) is 27.6. The van der Waals surface area contributed by atoms with Crippen LogP contribution in [0.25, 0.3) is 10.9 Å². The highest BCUT2D eigenvalue weighted by Gasteiger charge is 2.44. The van der Waals surface area contributed by atoms with E-state index in [0.717, 1.165) is 0 Å². The minimum Gasteiger partial charge on any atom is -0.465 e. The normalized spacial score (nSPS) is 17.8. The van der Waals surface area contributed by atoms with Gasteiger partial charge in [-0.05, 0) is 42.8 Å². The molecule has 0 spiro atoms. The zero-order chi connectivity index (χ0) is 27.4. The number of pyridine rings is 1. The van der Waals surface area contributed by atoms with E-state index in [9.17, 15) is 22.8 Å². The summed E-state index contributed by atoms with van der Waals surface area (Å²) in [5, 5.41) is 3.30. The summed E-state index contributed by atoms with van der Waals surface area (Å²) < 4.78 is 33.2. The molecule has 38 heavy (non-hydrogen) atoms. The Hall–Kier alpha value is -3.48. The van der Waals surface area contributed by atoms with E-state index in [-0.39, 0.29) is 42.0 Å². The van der Waals surface area contributed by atoms with Gasteiger partial charge in [-0.3, -0.25) is 14.6 Å². The lowest BCUT2D eigenvalue weighted by Gasteiger charge is -2.27. The number of rotatable bonds is 9. The summed E-state index contributed by atoms with van der Waals surface area (Å²) in [7, 11) is -1.30. The van der Waals surface area contributed by atoms with E-state index in [4.69, 9.17) is 0 Å². The third kappa shape index (κ3) is 5.82. The lowest BCUT2D eigenvalue weighted by molar-refractivity contribution is -0.136. The second-order valence-corrected chi connectivity index (χ2v) is 11.6. The predicted octanol–water partition coefficient (Wildman–Crippen LogP) is 2.22. The fraction of sp³-hybridized carbons (Fsp3) is 0.308. The number of sulfonamides is 1. The Labute approximate surface area is 226 Å². The van der Waals surface area contributed by atoms with Gasteiger partial charge in [0, 0.05) is 36.1 Å². The number of carbonyl (C=O) groups is 3.